The Morgan fingerprint density at radius 2 is 1.91 bits per heavy atom. The Labute approximate surface area is 188 Å². The lowest BCUT2D eigenvalue weighted by molar-refractivity contribution is -0.155. The Balaban J connectivity index is 1.56. The number of nitrogens with zero attached hydrogens (tertiary/aromatic N) is 2. The second kappa shape index (κ2) is 8.63. The van der Waals surface area contributed by atoms with Gasteiger partial charge in [-0.05, 0) is 25.7 Å². The first-order valence-electron chi connectivity index (χ1n) is 12.0. The van der Waals surface area contributed by atoms with Crippen LogP contribution in [0.25, 0.3) is 0 Å². The second-order valence-electron chi connectivity index (χ2n) is 9.52. The maximum atomic E-state index is 14.0. The molecule has 5 rings (SSSR count). The molecule has 1 N–H and O–H groups in total. The summed E-state index contributed by atoms with van der Waals surface area (Å²) >= 11 is 0. The minimum atomic E-state index is -1.20. The molecule has 8 heteroatoms. The van der Waals surface area contributed by atoms with E-state index in [0.717, 1.165) is 25.7 Å². The van der Waals surface area contributed by atoms with Gasteiger partial charge in [0.15, 0.2) is 0 Å². The van der Waals surface area contributed by atoms with Crippen molar-refractivity contribution in [2.24, 2.45) is 11.8 Å². The lowest BCUT2D eigenvalue weighted by Crippen LogP contribution is -2.57. The summed E-state index contributed by atoms with van der Waals surface area (Å²) in [5.74, 6) is -2.39. The van der Waals surface area contributed by atoms with Crippen molar-refractivity contribution < 1.29 is 29.0 Å². The van der Waals surface area contributed by atoms with E-state index in [9.17, 15) is 19.5 Å². The molecule has 1 spiro atoms. The molecular formula is C24H32N2O6. The van der Waals surface area contributed by atoms with Crippen molar-refractivity contribution in [2.45, 2.75) is 68.7 Å². The van der Waals surface area contributed by atoms with Crippen LogP contribution in [0.5, 0.6) is 0 Å². The fourth-order valence-corrected chi connectivity index (χ4v) is 6.33. The molecule has 4 aliphatic heterocycles. The van der Waals surface area contributed by atoms with Gasteiger partial charge in [0.1, 0.15) is 17.6 Å². The maximum Gasteiger partial charge on any atom is 0.312 e. The molecule has 0 bridgehead atoms. The Hall–Kier alpha value is -2.19. The van der Waals surface area contributed by atoms with E-state index in [1.165, 1.54) is 6.42 Å². The van der Waals surface area contributed by atoms with E-state index in [2.05, 4.69) is 0 Å². The smallest absolute Gasteiger partial charge is 0.312 e. The van der Waals surface area contributed by atoms with Gasteiger partial charge in [-0.25, -0.2) is 0 Å². The Morgan fingerprint density at radius 3 is 2.69 bits per heavy atom. The van der Waals surface area contributed by atoms with Crippen LogP contribution < -0.4 is 0 Å². The fraction of sp³-hybridized carbons (Fsp3) is 0.708. The first-order valence-corrected chi connectivity index (χ1v) is 12.0. The average molecular weight is 445 g/mol. The van der Waals surface area contributed by atoms with Crippen LogP contribution in [0.3, 0.4) is 0 Å². The third-order valence-electron chi connectivity index (χ3n) is 7.72. The van der Waals surface area contributed by atoms with Crippen LogP contribution in [0.1, 0.15) is 44.9 Å². The molecule has 5 aliphatic rings. The molecule has 0 aromatic carbocycles. The number of rotatable bonds is 4. The van der Waals surface area contributed by atoms with E-state index in [4.69, 9.17) is 9.47 Å². The van der Waals surface area contributed by atoms with Gasteiger partial charge in [-0.3, -0.25) is 14.4 Å². The number of fused-ring (bicyclic) bond motifs is 2. The number of carbonyl (C=O) groups excluding carboxylic acids is 3. The molecule has 0 radical (unpaired) electrons. The van der Waals surface area contributed by atoms with Crippen molar-refractivity contribution in [3.05, 3.63) is 24.3 Å². The third-order valence-corrected chi connectivity index (χ3v) is 7.72. The van der Waals surface area contributed by atoms with E-state index in [0.29, 0.717) is 19.4 Å². The van der Waals surface area contributed by atoms with Crippen molar-refractivity contribution in [3.63, 3.8) is 0 Å². The Bertz CT molecular complexity index is 834. The van der Waals surface area contributed by atoms with Gasteiger partial charge in [0.25, 0.3) is 0 Å². The maximum absolute atomic E-state index is 14.0. The number of amides is 2. The highest BCUT2D eigenvalue weighted by Crippen LogP contribution is 2.53. The standard InChI is InChI=1S/C24H32N2O6/c27-14-7-13-26-20-22(29)25(16-8-2-1-3-9-16)12-6-11-24(20)19(21(26)28)18-17(32-24)10-4-5-15-31-23(18)30/h4,6,10-11,16-20,27H,1-3,5,7-9,12-15H2/t17-,18+,19+,20?,24+/m1/s1. The number of likely N-dealkylation sites (tertiary alicyclic amines) is 1. The summed E-state index contributed by atoms with van der Waals surface area (Å²) in [6.45, 7) is 0.925. The van der Waals surface area contributed by atoms with E-state index >= 15 is 0 Å². The highest BCUT2D eigenvalue weighted by molar-refractivity contribution is 5.99. The van der Waals surface area contributed by atoms with Crippen LogP contribution in [0, 0.1) is 11.8 Å². The summed E-state index contributed by atoms with van der Waals surface area (Å²) in [6.07, 6.45) is 13.3. The lowest BCUT2D eigenvalue weighted by Gasteiger charge is -2.39. The van der Waals surface area contributed by atoms with Gasteiger partial charge in [0.2, 0.25) is 11.8 Å². The molecule has 0 aromatic heterocycles. The summed E-state index contributed by atoms with van der Waals surface area (Å²) in [5.41, 5.74) is -1.20. The van der Waals surface area contributed by atoms with Crippen molar-refractivity contribution >= 4 is 17.8 Å². The van der Waals surface area contributed by atoms with Gasteiger partial charge in [-0.1, -0.05) is 43.6 Å². The first kappa shape index (κ1) is 21.6. The van der Waals surface area contributed by atoms with E-state index in [1.54, 1.807) is 4.90 Å². The topological polar surface area (TPSA) is 96.4 Å². The number of hydrogen-bond donors (Lipinski definition) is 1. The third kappa shape index (κ3) is 3.30. The van der Waals surface area contributed by atoms with Gasteiger partial charge >= 0.3 is 5.97 Å². The number of cyclic esters (lactones) is 1. The predicted molar refractivity (Wildman–Crippen MR) is 114 cm³/mol. The quantitative estimate of drug-likeness (QED) is 0.517. The zero-order valence-electron chi connectivity index (χ0n) is 18.4. The highest BCUT2D eigenvalue weighted by atomic mass is 16.6. The number of aliphatic hydroxyl groups is 1. The number of esters is 1. The van der Waals surface area contributed by atoms with Gasteiger partial charge in [-0.15, -0.1) is 0 Å². The van der Waals surface area contributed by atoms with Crippen LogP contribution in [0.15, 0.2) is 24.3 Å². The lowest BCUT2D eigenvalue weighted by atomic mass is 9.77. The zero-order chi connectivity index (χ0) is 22.3. The number of ether oxygens (including phenoxy) is 2. The van der Waals surface area contributed by atoms with Gasteiger partial charge in [0, 0.05) is 25.7 Å². The molecule has 1 aliphatic carbocycles. The summed E-state index contributed by atoms with van der Waals surface area (Å²) in [7, 11) is 0. The van der Waals surface area contributed by atoms with Crippen LogP contribution in [0.2, 0.25) is 0 Å². The molecule has 0 aromatic rings. The summed E-state index contributed by atoms with van der Waals surface area (Å²) in [5, 5.41) is 9.42. The zero-order valence-corrected chi connectivity index (χ0v) is 18.4. The highest BCUT2D eigenvalue weighted by Gasteiger charge is 2.71. The van der Waals surface area contributed by atoms with E-state index < -0.39 is 35.6 Å². The molecule has 5 atom stereocenters. The Morgan fingerprint density at radius 1 is 1.09 bits per heavy atom. The normalized spacial score (nSPS) is 37.5. The summed E-state index contributed by atoms with van der Waals surface area (Å²) in [6, 6.07) is -0.675. The monoisotopic (exact) mass is 444 g/mol. The fourth-order valence-electron chi connectivity index (χ4n) is 6.33. The molecule has 174 valence electrons. The van der Waals surface area contributed by atoms with Crippen molar-refractivity contribution in [1.29, 1.82) is 0 Å². The average Bonchev–Trinajstić information content (AvgIpc) is 3.16. The minimum absolute atomic E-state index is 0.0811. The predicted octanol–water partition coefficient (Wildman–Crippen LogP) is 1.18. The number of aliphatic hydroxyl groups excluding tert-OH is 1. The van der Waals surface area contributed by atoms with Crippen molar-refractivity contribution in [1.82, 2.24) is 9.80 Å². The second-order valence-corrected chi connectivity index (χ2v) is 9.52. The molecule has 4 heterocycles. The van der Waals surface area contributed by atoms with Gasteiger partial charge in [0.05, 0.1) is 18.6 Å². The molecule has 2 amide bonds. The molecule has 32 heavy (non-hydrogen) atoms. The molecule has 1 saturated carbocycles. The number of hydrogen-bond acceptors (Lipinski definition) is 6. The van der Waals surface area contributed by atoms with E-state index in [1.807, 2.05) is 29.2 Å². The number of carbonyl (C=O) groups is 3. The SMILES string of the molecule is O=C1OCCC=C[C@H]2O[C@]34C=CCN(C5CCCCC5)C(=O)C3N(CCCO)C(=O)[C@@H]4[C@@H]12. The van der Waals surface area contributed by atoms with Crippen LogP contribution in [0.4, 0.5) is 0 Å². The van der Waals surface area contributed by atoms with Crippen molar-refractivity contribution in [3.8, 4) is 0 Å². The summed E-state index contributed by atoms with van der Waals surface area (Å²) in [4.78, 5) is 44.2. The van der Waals surface area contributed by atoms with Crippen LogP contribution in [-0.4, -0.2) is 82.8 Å². The minimum Gasteiger partial charge on any atom is -0.465 e. The van der Waals surface area contributed by atoms with Gasteiger partial charge < -0.3 is 24.4 Å². The van der Waals surface area contributed by atoms with Gasteiger partial charge in [-0.2, -0.15) is 0 Å². The first-order chi connectivity index (χ1) is 15.6. The van der Waals surface area contributed by atoms with Crippen LogP contribution >= 0.6 is 0 Å². The molecule has 2 saturated heterocycles. The molecule has 8 nitrogen and oxygen atoms in total. The molecule has 3 fully saturated rings. The largest absolute Gasteiger partial charge is 0.465 e. The molecule has 1 unspecified atom stereocenters. The molecular weight excluding hydrogens is 412 g/mol. The van der Waals surface area contributed by atoms with E-state index in [-0.39, 0.29) is 37.6 Å². The summed E-state index contributed by atoms with van der Waals surface area (Å²) < 4.78 is 11.9. The van der Waals surface area contributed by atoms with Crippen LogP contribution in [-0.2, 0) is 23.9 Å². The Kier molecular flexibility index (Phi) is 5.84. The van der Waals surface area contributed by atoms with Crippen molar-refractivity contribution in [2.75, 3.05) is 26.3 Å².